The molecule has 2 fully saturated rings. The van der Waals surface area contributed by atoms with Gasteiger partial charge in [-0.2, -0.15) is 0 Å². The number of rotatable bonds is 6. The maximum atomic E-state index is 13.4. The number of carbonyl (C=O) groups excluding carboxylic acids is 1. The Hall–Kier alpha value is -2.68. The maximum absolute atomic E-state index is 13.4. The Bertz CT molecular complexity index is 1140. The van der Waals surface area contributed by atoms with E-state index in [1.54, 1.807) is 39.0 Å². The highest BCUT2D eigenvalue weighted by Crippen LogP contribution is 2.39. The fraction of sp³-hybridized carbons (Fsp3) is 0.500. The zero-order chi connectivity index (χ0) is 24.0. The van der Waals surface area contributed by atoms with E-state index in [1.165, 1.54) is 24.6 Å². The van der Waals surface area contributed by atoms with Crippen LogP contribution in [0.1, 0.15) is 45.1 Å². The quantitative estimate of drug-likeness (QED) is 0.689. The van der Waals surface area contributed by atoms with Gasteiger partial charge >= 0.3 is 0 Å². The van der Waals surface area contributed by atoms with Crippen molar-refractivity contribution >= 4 is 21.6 Å². The molecule has 2 aliphatic heterocycles. The molecule has 2 aromatic rings. The molecule has 1 aromatic carbocycles. The van der Waals surface area contributed by atoms with E-state index >= 15 is 0 Å². The number of ether oxygens (including phenoxy) is 1. The summed E-state index contributed by atoms with van der Waals surface area (Å²) in [5, 5.41) is 3.15. The van der Waals surface area contributed by atoms with Crippen LogP contribution in [0.25, 0.3) is 0 Å². The maximum Gasteiger partial charge on any atom is 0.263 e. The molecule has 3 heterocycles. The van der Waals surface area contributed by atoms with Gasteiger partial charge in [0, 0.05) is 30.6 Å². The highest BCUT2D eigenvalue weighted by Gasteiger charge is 2.43. The van der Waals surface area contributed by atoms with Gasteiger partial charge in [-0.1, -0.05) is 0 Å². The number of sulfone groups is 1. The van der Waals surface area contributed by atoms with E-state index in [0.717, 1.165) is 31.5 Å². The van der Waals surface area contributed by atoms with Gasteiger partial charge in [0.1, 0.15) is 17.4 Å². The predicted molar refractivity (Wildman–Crippen MR) is 124 cm³/mol. The molecule has 1 N–H and O–H groups in total. The van der Waals surface area contributed by atoms with Gasteiger partial charge < -0.3 is 15.0 Å². The van der Waals surface area contributed by atoms with Crippen LogP contribution in [0.15, 0.2) is 41.4 Å². The number of nitrogens with one attached hydrogen (secondary N) is 1. The highest BCUT2D eigenvalue weighted by atomic mass is 32.2. The van der Waals surface area contributed by atoms with E-state index in [-0.39, 0.29) is 34.7 Å². The topological polar surface area (TPSA) is 88.6 Å². The van der Waals surface area contributed by atoms with Crippen molar-refractivity contribution in [2.45, 2.75) is 75.1 Å². The lowest BCUT2D eigenvalue weighted by molar-refractivity contribution is -0.135. The Morgan fingerprint density at radius 2 is 1.85 bits per heavy atom. The summed E-state index contributed by atoms with van der Waals surface area (Å²) < 4.78 is 42.8. The first-order valence-corrected chi connectivity index (χ1v) is 13.0. The standard InChI is InChI=1S/C24H30FN3O4S/c1-15-11-16(25)5-9-21(15)32-24(2,3)23(29)27-17-12-18-6-7-19(13-17)28(18)22-10-8-20(14-26-22)33(4,30)31/h5,8-11,14,17-19H,6-7,12-13H2,1-4H3,(H,27,29). The highest BCUT2D eigenvalue weighted by molar-refractivity contribution is 7.90. The van der Waals surface area contributed by atoms with Crippen molar-refractivity contribution in [1.82, 2.24) is 10.3 Å². The molecule has 0 radical (unpaired) electrons. The van der Waals surface area contributed by atoms with Gasteiger partial charge in [0.25, 0.3) is 5.91 Å². The molecule has 7 nitrogen and oxygen atoms in total. The normalized spacial score (nSPS) is 22.8. The Labute approximate surface area is 194 Å². The number of aryl methyl sites for hydroxylation is 1. The van der Waals surface area contributed by atoms with E-state index < -0.39 is 15.4 Å². The minimum Gasteiger partial charge on any atom is -0.478 e. The van der Waals surface area contributed by atoms with Crippen molar-refractivity contribution < 1.29 is 22.3 Å². The number of pyridine rings is 1. The zero-order valence-electron chi connectivity index (χ0n) is 19.3. The van der Waals surface area contributed by atoms with Gasteiger partial charge in [-0.15, -0.1) is 0 Å². The second-order valence-corrected chi connectivity index (χ2v) is 11.6. The van der Waals surface area contributed by atoms with E-state index in [0.29, 0.717) is 11.3 Å². The molecule has 33 heavy (non-hydrogen) atoms. The lowest BCUT2D eigenvalue weighted by atomic mass is 9.96. The number of hydrogen-bond donors (Lipinski definition) is 1. The Morgan fingerprint density at radius 3 is 2.39 bits per heavy atom. The first-order valence-electron chi connectivity index (χ1n) is 11.1. The van der Waals surface area contributed by atoms with E-state index in [2.05, 4.69) is 15.2 Å². The van der Waals surface area contributed by atoms with Crippen molar-refractivity contribution in [2.24, 2.45) is 0 Å². The zero-order valence-corrected chi connectivity index (χ0v) is 20.2. The fourth-order valence-electron chi connectivity index (χ4n) is 4.82. The Morgan fingerprint density at radius 1 is 1.18 bits per heavy atom. The van der Waals surface area contributed by atoms with Crippen molar-refractivity contribution in [3.05, 3.63) is 47.9 Å². The van der Waals surface area contributed by atoms with E-state index in [4.69, 9.17) is 4.74 Å². The third kappa shape index (κ3) is 4.98. The summed E-state index contributed by atoms with van der Waals surface area (Å²) in [6.07, 6.45) is 6.15. The van der Waals surface area contributed by atoms with Crippen LogP contribution in [-0.4, -0.2) is 49.3 Å². The van der Waals surface area contributed by atoms with Gasteiger partial charge in [-0.25, -0.2) is 17.8 Å². The average molecular weight is 476 g/mol. The molecule has 0 saturated carbocycles. The lowest BCUT2D eigenvalue weighted by Gasteiger charge is -2.40. The number of halogens is 1. The van der Waals surface area contributed by atoms with Crippen molar-refractivity contribution in [3.8, 4) is 5.75 Å². The van der Waals surface area contributed by atoms with Gasteiger partial charge in [-0.05, 0) is 82.3 Å². The van der Waals surface area contributed by atoms with Crippen molar-refractivity contribution in [3.63, 3.8) is 0 Å². The molecule has 2 saturated heterocycles. The SMILES string of the molecule is Cc1cc(F)ccc1OC(C)(C)C(=O)NC1CC2CCC(C1)N2c1ccc(S(C)(=O)=O)cn1. The Kier molecular flexibility index (Phi) is 6.11. The van der Waals surface area contributed by atoms with Crippen LogP contribution in [-0.2, 0) is 14.6 Å². The summed E-state index contributed by atoms with van der Waals surface area (Å²) in [4.78, 5) is 19.9. The lowest BCUT2D eigenvalue weighted by Crippen LogP contribution is -2.55. The van der Waals surface area contributed by atoms with E-state index in [9.17, 15) is 17.6 Å². The third-order valence-electron chi connectivity index (χ3n) is 6.53. The monoisotopic (exact) mass is 475 g/mol. The first-order chi connectivity index (χ1) is 15.4. The molecule has 2 aliphatic rings. The number of benzene rings is 1. The summed E-state index contributed by atoms with van der Waals surface area (Å²) in [5.41, 5.74) is -0.474. The third-order valence-corrected chi connectivity index (χ3v) is 7.63. The number of carbonyl (C=O) groups is 1. The van der Waals surface area contributed by atoms with Crippen LogP contribution in [0.5, 0.6) is 5.75 Å². The molecule has 2 atom stereocenters. The minimum absolute atomic E-state index is 0.0127. The van der Waals surface area contributed by atoms with Crippen molar-refractivity contribution in [2.75, 3.05) is 11.2 Å². The number of hydrogen-bond acceptors (Lipinski definition) is 6. The fourth-order valence-corrected chi connectivity index (χ4v) is 5.38. The number of amides is 1. The number of aromatic nitrogens is 1. The predicted octanol–water partition coefficient (Wildman–Crippen LogP) is 3.41. The molecule has 2 bridgehead atoms. The molecule has 2 unspecified atom stereocenters. The van der Waals surface area contributed by atoms with Crippen LogP contribution >= 0.6 is 0 Å². The van der Waals surface area contributed by atoms with Crippen LogP contribution in [0.2, 0.25) is 0 Å². The summed E-state index contributed by atoms with van der Waals surface area (Å²) in [6.45, 7) is 5.17. The number of fused-ring (bicyclic) bond motifs is 2. The largest absolute Gasteiger partial charge is 0.478 e. The summed E-state index contributed by atoms with van der Waals surface area (Å²) in [5.74, 6) is 0.703. The first kappa shape index (κ1) is 23.5. The molecule has 0 aliphatic carbocycles. The van der Waals surface area contributed by atoms with Crippen molar-refractivity contribution in [1.29, 1.82) is 0 Å². The summed E-state index contributed by atoms with van der Waals surface area (Å²) in [7, 11) is -3.28. The molecule has 9 heteroatoms. The van der Waals surface area contributed by atoms with Gasteiger partial charge in [0.15, 0.2) is 15.4 Å². The molecule has 1 amide bonds. The van der Waals surface area contributed by atoms with E-state index in [1.807, 2.05) is 0 Å². The van der Waals surface area contributed by atoms with Crippen LogP contribution in [0.3, 0.4) is 0 Å². The van der Waals surface area contributed by atoms with Gasteiger partial charge in [0.2, 0.25) is 0 Å². The van der Waals surface area contributed by atoms with Gasteiger partial charge in [0.05, 0.1) is 4.90 Å². The second-order valence-electron chi connectivity index (χ2n) is 9.58. The summed E-state index contributed by atoms with van der Waals surface area (Å²) in [6, 6.07) is 8.08. The molecular formula is C24H30FN3O4S. The summed E-state index contributed by atoms with van der Waals surface area (Å²) >= 11 is 0. The number of nitrogens with zero attached hydrogens (tertiary/aromatic N) is 2. The van der Waals surface area contributed by atoms with Crippen LogP contribution < -0.4 is 15.0 Å². The molecule has 0 spiro atoms. The second kappa shape index (κ2) is 8.59. The minimum atomic E-state index is -3.28. The molecule has 1 aromatic heterocycles. The molecule has 178 valence electrons. The smallest absolute Gasteiger partial charge is 0.263 e. The van der Waals surface area contributed by atoms with Crippen LogP contribution in [0, 0.1) is 12.7 Å². The number of anilines is 1. The number of piperidine rings is 1. The molecule has 4 rings (SSSR count). The molecular weight excluding hydrogens is 445 g/mol. The van der Waals surface area contributed by atoms with Gasteiger partial charge in [-0.3, -0.25) is 4.79 Å². The average Bonchev–Trinajstić information content (AvgIpc) is 3.00. The Balaban J connectivity index is 1.41. The van der Waals surface area contributed by atoms with Crippen LogP contribution in [0.4, 0.5) is 10.2 Å².